The minimum atomic E-state index is -3.31. The highest BCUT2D eigenvalue weighted by atomic mass is 32.2. The van der Waals surface area contributed by atoms with Crippen LogP contribution in [0.2, 0.25) is 0 Å². The predicted molar refractivity (Wildman–Crippen MR) is 69.7 cm³/mol. The summed E-state index contributed by atoms with van der Waals surface area (Å²) >= 11 is 1.72. The van der Waals surface area contributed by atoms with E-state index in [2.05, 4.69) is 0 Å². The zero-order valence-electron chi connectivity index (χ0n) is 10.0. The van der Waals surface area contributed by atoms with Crippen LogP contribution in [0.25, 0.3) is 0 Å². The van der Waals surface area contributed by atoms with Crippen LogP contribution < -0.4 is 0 Å². The summed E-state index contributed by atoms with van der Waals surface area (Å²) < 4.78 is 33.3. The minimum Gasteiger partial charge on any atom is -0.379 e. The molecule has 3 rings (SSSR count). The van der Waals surface area contributed by atoms with Crippen LogP contribution in [-0.2, 0) is 27.9 Å². The van der Waals surface area contributed by atoms with E-state index in [1.165, 1.54) is 9.18 Å². The first kappa shape index (κ1) is 12.6. The molecular formula is C11H16N2O3S2. The van der Waals surface area contributed by atoms with Crippen LogP contribution in [0.1, 0.15) is 10.4 Å². The van der Waals surface area contributed by atoms with E-state index in [0.29, 0.717) is 39.4 Å². The lowest BCUT2D eigenvalue weighted by atomic mass is 10.1. The number of rotatable bonds is 2. The molecule has 0 spiro atoms. The topological polar surface area (TPSA) is 49.9 Å². The fraction of sp³-hybridized carbons (Fsp3) is 0.636. The first-order valence-corrected chi connectivity index (χ1v) is 8.34. The lowest BCUT2D eigenvalue weighted by Gasteiger charge is -2.33. The van der Waals surface area contributed by atoms with Crippen molar-refractivity contribution in [2.75, 3.05) is 32.8 Å². The Balaban J connectivity index is 1.78. The predicted octanol–water partition coefficient (Wildman–Crippen LogP) is 0.683. The third kappa shape index (κ3) is 2.21. The number of fused-ring (bicyclic) bond motifs is 1. The molecule has 3 heterocycles. The summed E-state index contributed by atoms with van der Waals surface area (Å²) in [5.41, 5.74) is 1.16. The van der Waals surface area contributed by atoms with Crippen molar-refractivity contribution in [3.05, 3.63) is 21.9 Å². The van der Waals surface area contributed by atoms with Gasteiger partial charge in [0.1, 0.15) is 0 Å². The molecule has 0 amide bonds. The second-order valence-corrected chi connectivity index (χ2v) is 7.40. The standard InChI is InChI=1S/C11H16N2O3S2/c14-18(15,12-4-6-16-7-5-12)13-3-1-11-10(9-13)2-8-17-11/h2,8H,1,3-7,9H2. The number of hydrogen-bond acceptors (Lipinski definition) is 4. The molecule has 1 aromatic rings. The summed E-state index contributed by atoms with van der Waals surface area (Å²) in [5, 5.41) is 2.04. The number of nitrogens with zero attached hydrogens (tertiary/aromatic N) is 2. The molecule has 100 valence electrons. The average molecular weight is 288 g/mol. The summed E-state index contributed by atoms with van der Waals surface area (Å²) in [6, 6.07) is 2.03. The zero-order valence-corrected chi connectivity index (χ0v) is 11.7. The minimum absolute atomic E-state index is 0.468. The molecule has 0 unspecified atom stereocenters. The van der Waals surface area contributed by atoms with Gasteiger partial charge in [-0.2, -0.15) is 17.0 Å². The lowest BCUT2D eigenvalue weighted by molar-refractivity contribution is 0.0699. The first-order chi connectivity index (χ1) is 8.68. The van der Waals surface area contributed by atoms with E-state index in [-0.39, 0.29) is 0 Å². The van der Waals surface area contributed by atoms with Gasteiger partial charge in [0.2, 0.25) is 0 Å². The van der Waals surface area contributed by atoms with Crippen LogP contribution >= 0.6 is 11.3 Å². The molecule has 5 nitrogen and oxygen atoms in total. The van der Waals surface area contributed by atoms with Crippen molar-refractivity contribution in [3.8, 4) is 0 Å². The van der Waals surface area contributed by atoms with Gasteiger partial charge in [-0.3, -0.25) is 0 Å². The molecule has 0 aliphatic carbocycles. The van der Waals surface area contributed by atoms with Gasteiger partial charge < -0.3 is 4.74 Å². The van der Waals surface area contributed by atoms with Crippen LogP contribution in [-0.4, -0.2) is 49.9 Å². The third-order valence-corrected chi connectivity index (χ3v) is 6.40. The lowest BCUT2D eigenvalue weighted by Crippen LogP contribution is -2.49. The highest BCUT2D eigenvalue weighted by Crippen LogP contribution is 2.26. The van der Waals surface area contributed by atoms with E-state index in [9.17, 15) is 8.42 Å². The first-order valence-electron chi connectivity index (χ1n) is 6.06. The summed E-state index contributed by atoms with van der Waals surface area (Å²) in [5.74, 6) is 0. The number of thiophene rings is 1. The molecule has 1 saturated heterocycles. The maximum Gasteiger partial charge on any atom is 0.282 e. The Bertz CT molecular complexity index is 520. The molecule has 2 aliphatic rings. The van der Waals surface area contributed by atoms with E-state index in [1.807, 2.05) is 11.4 Å². The van der Waals surface area contributed by atoms with Crippen LogP contribution in [0.5, 0.6) is 0 Å². The summed E-state index contributed by atoms with van der Waals surface area (Å²) in [6.07, 6.45) is 0.830. The number of morpholine rings is 1. The van der Waals surface area contributed by atoms with Crippen molar-refractivity contribution in [1.29, 1.82) is 0 Å². The van der Waals surface area contributed by atoms with Gasteiger partial charge in [-0.25, -0.2) is 0 Å². The Labute approximate surface area is 111 Å². The second kappa shape index (κ2) is 4.90. The molecule has 0 saturated carbocycles. The van der Waals surface area contributed by atoms with Crippen LogP contribution in [0.15, 0.2) is 11.4 Å². The van der Waals surface area contributed by atoms with Gasteiger partial charge >= 0.3 is 0 Å². The Morgan fingerprint density at radius 3 is 2.72 bits per heavy atom. The summed E-state index contributed by atoms with van der Waals surface area (Å²) in [4.78, 5) is 1.32. The van der Waals surface area contributed by atoms with Crippen molar-refractivity contribution < 1.29 is 13.2 Å². The van der Waals surface area contributed by atoms with E-state index in [0.717, 1.165) is 12.0 Å². The fourth-order valence-corrected chi connectivity index (χ4v) is 4.81. The van der Waals surface area contributed by atoms with Crippen LogP contribution in [0, 0.1) is 0 Å². The molecule has 7 heteroatoms. The molecule has 1 fully saturated rings. The van der Waals surface area contributed by atoms with Crippen molar-refractivity contribution >= 4 is 21.5 Å². The van der Waals surface area contributed by atoms with E-state index < -0.39 is 10.2 Å². The van der Waals surface area contributed by atoms with E-state index in [4.69, 9.17) is 4.74 Å². The molecule has 0 radical (unpaired) electrons. The molecule has 0 bridgehead atoms. The van der Waals surface area contributed by atoms with Gasteiger partial charge in [0.25, 0.3) is 10.2 Å². The maximum absolute atomic E-state index is 12.5. The van der Waals surface area contributed by atoms with Crippen molar-refractivity contribution in [1.82, 2.24) is 8.61 Å². The fourth-order valence-electron chi connectivity index (χ4n) is 2.36. The van der Waals surface area contributed by atoms with Crippen LogP contribution in [0.4, 0.5) is 0 Å². The van der Waals surface area contributed by atoms with Gasteiger partial charge in [-0.1, -0.05) is 0 Å². The van der Waals surface area contributed by atoms with Gasteiger partial charge in [0.05, 0.1) is 13.2 Å². The largest absolute Gasteiger partial charge is 0.379 e. The molecule has 18 heavy (non-hydrogen) atoms. The monoisotopic (exact) mass is 288 g/mol. The SMILES string of the molecule is O=S(=O)(N1CCOCC1)N1CCc2sccc2C1. The van der Waals surface area contributed by atoms with Crippen molar-refractivity contribution in [2.45, 2.75) is 13.0 Å². The quantitative estimate of drug-likeness (QED) is 0.804. The number of ether oxygens (including phenoxy) is 1. The Morgan fingerprint density at radius 2 is 1.94 bits per heavy atom. The van der Waals surface area contributed by atoms with E-state index in [1.54, 1.807) is 15.6 Å². The third-order valence-electron chi connectivity index (χ3n) is 3.40. The smallest absolute Gasteiger partial charge is 0.282 e. The molecule has 0 aromatic carbocycles. The van der Waals surface area contributed by atoms with E-state index >= 15 is 0 Å². The average Bonchev–Trinajstić information content (AvgIpc) is 2.87. The molecule has 0 N–H and O–H groups in total. The number of hydrogen-bond donors (Lipinski definition) is 0. The van der Waals surface area contributed by atoms with Gasteiger partial charge in [-0.15, -0.1) is 11.3 Å². The van der Waals surface area contributed by atoms with Crippen molar-refractivity contribution in [2.24, 2.45) is 0 Å². The van der Waals surface area contributed by atoms with Gasteiger partial charge in [0, 0.05) is 31.1 Å². The second-order valence-electron chi connectivity index (χ2n) is 4.47. The van der Waals surface area contributed by atoms with Gasteiger partial charge in [-0.05, 0) is 23.4 Å². The summed E-state index contributed by atoms with van der Waals surface area (Å²) in [6.45, 7) is 3.03. The highest BCUT2D eigenvalue weighted by Gasteiger charge is 2.33. The maximum atomic E-state index is 12.5. The summed E-state index contributed by atoms with van der Waals surface area (Å²) in [7, 11) is -3.31. The molecule has 1 aromatic heterocycles. The molecule has 2 aliphatic heterocycles. The normalized spacial score (nSPS) is 22.9. The highest BCUT2D eigenvalue weighted by molar-refractivity contribution is 7.86. The Hall–Kier alpha value is -0.470. The molecule has 0 atom stereocenters. The van der Waals surface area contributed by atoms with Crippen LogP contribution in [0.3, 0.4) is 0 Å². The molecular weight excluding hydrogens is 272 g/mol. The Kier molecular flexibility index (Phi) is 3.42. The van der Waals surface area contributed by atoms with Gasteiger partial charge in [0.15, 0.2) is 0 Å². The Morgan fingerprint density at radius 1 is 1.17 bits per heavy atom. The van der Waals surface area contributed by atoms with Crippen molar-refractivity contribution in [3.63, 3.8) is 0 Å². The zero-order chi connectivity index (χ0) is 12.6.